The minimum absolute atomic E-state index is 0.0185. The van der Waals surface area contributed by atoms with Crippen molar-refractivity contribution in [3.63, 3.8) is 0 Å². The molecule has 20 heavy (non-hydrogen) atoms. The molecule has 0 spiro atoms. The molecule has 0 atom stereocenters. The Balaban J connectivity index is 2.06. The third-order valence-electron chi connectivity index (χ3n) is 2.66. The van der Waals surface area contributed by atoms with E-state index in [4.69, 9.17) is 17.4 Å². The van der Waals surface area contributed by atoms with Gasteiger partial charge < -0.3 is 10.7 Å². The van der Waals surface area contributed by atoms with Crippen LogP contribution in [0.3, 0.4) is 0 Å². The number of hydrogen-bond acceptors (Lipinski definition) is 4. The summed E-state index contributed by atoms with van der Waals surface area (Å²) < 4.78 is 13.0. The molecule has 1 aromatic carbocycles. The van der Waals surface area contributed by atoms with E-state index in [1.165, 1.54) is 24.5 Å². The number of pyridine rings is 1. The molecule has 0 fully saturated rings. The van der Waals surface area contributed by atoms with Crippen molar-refractivity contribution < 1.29 is 9.18 Å². The van der Waals surface area contributed by atoms with E-state index in [1.54, 1.807) is 12.1 Å². The van der Waals surface area contributed by atoms with Crippen LogP contribution in [-0.4, -0.2) is 10.9 Å². The van der Waals surface area contributed by atoms with E-state index in [0.29, 0.717) is 16.8 Å². The predicted molar refractivity (Wildman–Crippen MR) is 74.6 cm³/mol. The number of benzene rings is 1. The predicted octanol–water partition coefficient (Wildman–Crippen LogP) is 2.09. The first-order valence-corrected chi connectivity index (χ1v) is 6.12. The lowest BCUT2D eigenvalue weighted by atomic mass is 10.2. The van der Waals surface area contributed by atoms with Crippen molar-refractivity contribution in [1.29, 1.82) is 0 Å². The maximum Gasteiger partial charge on any atom is 0.253 e. The second-order valence-electron chi connectivity index (χ2n) is 4.00. The van der Waals surface area contributed by atoms with Crippen molar-refractivity contribution in [3.8, 4) is 0 Å². The Hall–Kier alpha value is -2.18. The summed E-state index contributed by atoms with van der Waals surface area (Å²) in [4.78, 5) is 15.9. The summed E-state index contributed by atoms with van der Waals surface area (Å²) in [6.07, 6.45) is 2.94. The molecule has 1 amide bonds. The first-order chi connectivity index (χ1) is 9.61. The van der Waals surface area contributed by atoms with E-state index < -0.39 is 5.82 Å². The maximum absolute atomic E-state index is 13.0. The zero-order valence-corrected chi connectivity index (χ0v) is 11.1. The molecule has 7 heteroatoms. The molecule has 0 bridgehead atoms. The van der Waals surface area contributed by atoms with Gasteiger partial charge in [-0.3, -0.25) is 15.6 Å². The second kappa shape index (κ2) is 6.31. The van der Waals surface area contributed by atoms with Gasteiger partial charge in [0, 0.05) is 12.7 Å². The number of carbonyl (C=O) groups is 1. The fourth-order valence-corrected chi connectivity index (χ4v) is 1.84. The number of rotatable bonds is 4. The fourth-order valence-electron chi connectivity index (χ4n) is 1.63. The average molecular weight is 295 g/mol. The molecule has 0 radical (unpaired) electrons. The van der Waals surface area contributed by atoms with Crippen LogP contribution >= 0.6 is 11.6 Å². The quantitative estimate of drug-likeness (QED) is 0.596. The summed E-state index contributed by atoms with van der Waals surface area (Å²) >= 11 is 5.67. The highest BCUT2D eigenvalue weighted by atomic mass is 35.5. The number of carbonyl (C=O) groups excluding carboxylic acids is 1. The van der Waals surface area contributed by atoms with E-state index in [-0.39, 0.29) is 17.5 Å². The van der Waals surface area contributed by atoms with Crippen molar-refractivity contribution in [2.24, 2.45) is 5.84 Å². The van der Waals surface area contributed by atoms with Crippen molar-refractivity contribution in [3.05, 3.63) is 58.6 Å². The van der Waals surface area contributed by atoms with Gasteiger partial charge in [0.15, 0.2) is 0 Å². The molecule has 0 saturated heterocycles. The van der Waals surface area contributed by atoms with Crippen LogP contribution in [0.1, 0.15) is 15.9 Å². The number of amides is 1. The Labute approximate surface area is 119 Å². The van der Waals surface area contributed by atoms with E-state index in [0.717, 1.165) is 0 Å². The molecule has 1 heterocycles. The molecule has 104 valence electrons. The molecule has 0 aliphatic rings. The number of hydrogen-bond donors (Lipinski definition) is 3. The molecule has 0 aliphatic carbocycles. The molecule has 5 nitrogen and oxygen atoms in total. The van der Waals surface area contributed by atoms with Crippen LogP contribution in [0.25, 0.3) is 0 Å². The molecule has 0 saturated carbocycles. The Morgan fingerprint density at radius 2 is 2.20 bits per heavy atom. The normalized spacial score (nSPS) is 10.2. The number of hydrazine groups is 1. The van der Waals surface area contributed by atoms with Gasteiger partial charge in [0.25, 0.3) is 5.91 Å². The van der Waals surface area contributed by atoms with Gasteiger partial charge in [0.1, 0.15) is 5.82 Å². The fraction of sp³-hybridized carbons (Fsp3) is 0.0769. The Morgan fingerprint density at radius 1 is 1.40 bits per heavy atom. The molecule has 2 aromatic rings. The van der Waals surface area contributed by atoms with Crippen LogP contribution in [0, 0.1) is 5.82 Å². The number of aromatic nitrogens is 1. The molecule has 2 rings (SSSR count). The zero-order chi connectivity index (χ0) is 14.5. The third-order valence-corrected chi connectivity index (χ3v) is 2.95. The smallest absolute Gasteiger partial charge is 0.253 e. The van der Waals surface area contributed by atoms with Crippen LogP contribution < -0.4 is 16.6 Å². The molecule has 1 aromatic heterocycles. The monoisotopic (exact) mass is 294 g/mol. The highest BCUT2D eigenvalue weighted by Gasteiger charge is 2.10. The number of nitrogens with one attached hydrogen (secondary N) is 2. The summed E-state index contributed by atoms with van der Waals surface area (Å²) in [5.74, 6) is 4.49. The van der Waals surface area contributed by atoms with Gasteiger partial charge in [0.05, 0.1) is 22.5 Å². The number of anilines is 1. The number of nitrogens with two attached hydrogens (primary N) is 1. The van der Waals surface area contributed by atoms with E-state index in [9.17, 15) is 9.18 Å². The van der Waals surface area contributed by atoms with Crippen LogP contribution in [-0.2, 0) is 6.54 Å². The summed E-state index contributed by atoms with van der Waals surface area (Å²) in [7, 11) is 0. The van der Waals surface area contributed by atoms with Crippen LogP contribution in [0.2, 0.25) is 5.02 Å². The first-order valence-electron chi connectivity index (χ1n) is 5.74. The summed E-state index contributed by atoms with van der Waals surface area (Å²) in [5, 5.41) is 2.71. The van der Waals surface area contributed by atoms with Crippen LogP contribution in [0.5, 0.6) is 0 Å². The van der Waals surface area contributed by atoms with E-state index >= 15 is 0 Å². The second-order valence-corrected chi connectivity index (χ2v) is 4.40. The Kier molecular flexibility index (Phi) is 4.49. The lowest BCUT2D eigenvalue weighted by Gasteiger charge is -2.09. The van der Waals surface area contributed by atoms with E-state index in [1.807, 2.05) is 0 Å². The summed E-state index contributed by atoms with van der Waals surface area (Å²) in [6.45, 7) is 0.227. The highest BCUT2D eigenvalue weighted by Crippen LogP contribution is 2.16. The molecular formula is C13H12ClFN4O. The van der Waals surface area contributed by atoms with E-state index in [2.05, 4.69) is 15.7 Å². The number of nitrogens with zero attached hydrogens (tertiary/aromatic N) is 1. The first kappa shape index (κ1) is 14.2. The summed E-state index contributed by atoms with van der Waals surface area (Å²) in [6, 6.07) is 5.81. The maximum atomic E-state index is 13.0. The minimum atomic E-state index is -0.495. The lowest BCUT2D eigenvalue weighted by Crippen LogP contribution is -2.24. The van der Waals surface area contributed by atoms with Crippen LogP contribution in [0.15, 0.2) is 36.7 Å². The minimum Gasteiger partial charge on any atom is -0.348 e. The largest absolute Gasteiger partial charge is 0.348 e. The van der Waals surface area contributed by atoms with Gasteiger partial charge in [-0.05, 0) is 23.8 Å². The van der Waals surface area contributed by atoms with Gasteiger partial charge in [0.2, 0.25) is 0 Å². The number of nitrogen functional groups attached to an aromatic ring is 1. The van der Waals surface area contributed by atoms with Crippen molar-refractivity contribution in [1.82, 2.24) is 10.3 Å². The van der Waals surface area contributed by atoms with Gasteiger partial charge in [-0.1, -0.05) is 17.7 Å². The van der Waals surface area contributed by atoms with Crippen molar-refractivity contribution in [2.45, 2.75) is 6.54 Å². The third kappa shape index (κ3) is 3.23. The molecule has 0 unspecified atom stereocenters. The van der Waals surface area contributed by atoms with Crippen molar-refractivity contribution in [2.75, 3.05) is 5.43 Å². The number of halogens is 2. The highest BCUT2D eigenvalue weighted by molar-refractivity contribution is 6.30. The van der Waals surface area contributed by atoms with Crippen molar-refractivity contribution >= 4 is 23.2 Å². The van der Waals surface area contributed by atoms with Gasteiger partial charge in [-0.2, -0.15) is 0 Å². The van der Waals surface area contributed by atoms with Gasteiger partial charge in [-0.15, -0.1) is 0 Å². The van der Waals surface area contributed by atoms with Gasteiger partial charge >= 0.3 is 0 Å². The molecular weight excluding hydrogens is 283 g/mol. The van der Waals surface area contributed by atoms with Crippen LogP contribution in [0.4, 0.5) is 10.1 Å². The Bertz CT molecular complexity index is 636. The Morgan fingerprint density at radius 3 is 2.90 bits per heavy atom. The standard InChI is InChI=1S/C13H12ClFN4O/c14-10-5-8(1-2-11(10)15)6-18-13(20)9-3-4-17-7-12(9)19-16/h1-5,7,19H,6,16H2,(H,18,20). The zero-order valence-electron chi connectivity index (χ0n) is 10.4. The molecule has 0 aliphatic heterocycles. The topological polar surface area (TPSA) is 80.0 Å². The van der Waals surface area contributed by atoms with Gasteiger partial charge in [-0.25, -0.2) is 4.39 Å². The molecule has 4 N–H and O–H groups in total. The lowest BCUT2D eigenvalue weighted by molar-refractivity contribution is 0.0951. The summed E-state index contributed by atoms with van der Waals surface area (Å²) in [5.41, 5.74) is 3.88. The average Bonchev–Trinajstić information content (AvgIpc) is 2.48. The SMILES string of the molecule is NNc1cnccc1C(=O)NCc1ccc(F)c(Cl)c1.